The van der Waals surface area contributed by atoms with Gasteiger partial charge in [0.25, 0.3) is 0 Å². The molecule has 0 unspecified atom stereocenters. The van der Waals surface area contributed by atoms with Crippen molar-refractivity contribution in [3.05, 3.63) is 42.2 Å². The van der Waals surface area contributed by atoms with Crippen LogP contribution in [0.1, 0.15) is 5.69 Å². The fourth-order valence-electron chi connectivity index (χ4n) is 1.50. The summed E-state index contributed by atoms with van der Waals surface area (Å²) >= 11 is 0. The molecule has 1 radical (unpaired) electrons. The number of nitrogens with zero attached hydrogens (tertiary/aromatic N) is 2. The van der Waals surface area contributed by atoms with E-state index in [2.05, 4.69) is 5.10 Å². The molecule has 0 atom stereocenters. The molecule has 0 aliphatic rings. The zero-order valence-electron chi connectivity index (χ0n) is 9.64. The van der Waals surface area contributed by atoms with Crippen LogP contribution in [0.2, 0.25) is 0 Å². The van der Waals surface area contributed by atoms with Crippen LogP contribution in [0.5, 0.6) is 0 Å². The predicted molar refractivity (Wildman–Crippen MR) is 60.5 cm³/mol. The Labute approximate surface area is 107 Å². The van der Waals surface area contributed by atoms with E-state index in [4.69, 9.17) is 0 Å². The molecule has 1 aromatic heterocycles. The quantitative estimate of drug-likeness (QED) is 0.850. The third-order valence-electron chi connectivity index (χ3n) is 2.36. The fourth-order valence-corrected chi connectivity index (χ4v) is 2.13. The van der Waals surface area contributed by atoms with Crippen LogP contribution in [0.4, 0.5) is 13.2 Å². The van der Waals surface area contributed by atoms with Gasteiger partial charge in [-0.05, 0) is 24.3 Å². The van der Waals surface area contributed by atoms with Gasteiger partial charge in [0, 0.05) is 12.3 Å². The minimum atomic E-state index is -4.58. The molecule has 0 spiro atoms. The largest absolute Gasteiger partial charge is 0.434 e. The van der Waals surface area contributed by atoms with Crippen LogP contribution in [-0.2, 0) is 16.0 Å². The zero-order valence-corrected chi connectivity index (χ0v) is 10.5. The van der Waals surface area contributed by atoms with Crippen LogP contribution in [0.3, 0.4) is 0 Å². The van der Waals surface area contributed by atoms with Gasteiger partial charge >= 0.3 is 6.18 Å². The average molecular weight is 289 g/mol. The van der Waals surface area contributed by atoms with Crippen molar-refractivity contribution in [3.63, 3.8) is 0 Å². The number of halogens is 3. The Kier molecular flexibility index (Phi) is 3.13. The lowest BCUT2D eigenvalue weighted by atomic mass is 10.3. The Morgan fingerprint density at radius 2 is 1.79 bits per heavy atom. The Bertz CT molecular complexity index is 687. The van der Waals surface area contributed by atoms with Gasteiger partial charge in [0.1, 0.15) is 0 Å². The molecule has 0 N–H and O–H groups in total. The maximum atomic E-state index is 12.6. The van der Waals surface area contributed by atoms with Gasteiger partial charge in [0.05, 0.1) is 16.8 Å². The van der Waals surface area contributed by atoms with Crippen molar-refractivity contribution in [3.8, 4) is 5.69 Å². The molecule has 0 aliphatic heterocycles. The highest BCUT2D eigenvalue weighted by molar-refractivity contribution is 7.90. The van der Waals surface area contributed by atoms with Crippen molar-refractivity contribution in [2.75, 3.05) is 6.26 Å². The highest BCUT2D eigenvalue weighted by Gasteiger charge is 2.35. The van der Waals surface area contributed by atoms with Gasteiger partial charge in [-0.3, -0.25) is 0 Å². The lowest BCUT2D eigenvalue weighted by molar-refractivity contribution is -0.143. The summed E-state index contributed by atoms with van der Waals surface area (Å²) < 4.78 is 61.1. The topological polar surface area (TPSA) is 52.0 Å². The van der Waals surface area contributed by atoms with Crippen molar-refractivity contribution >= 4 is 9.84 Å². The summed E-state index contributed by atoms with van der Waals surface area (Å²) in [5.74, 6) is 0. The minimum Gasteiger partial charge on any atom is -0.228 e. The molecule has 0 saturated heterocycles. The average Bonchev–Trinajstić information content (AvgIpc) is 2.76. The fraction of sp³-hybridized carbons (Fsp3) is 0.182. The maximum Gasteiger partial charge on any atom is 0.434 e. The first-order valence-corrected chi connectivity index (χ1v) is 6.92. The van der Waals surface area contributed by atoms with Crippen LogP contribution >= 0.6 is 0 Å². The second kappa shape index (κ2) is 4.37. The van der Waals surface area contributed by atoms with Crippen LogP contribution in [0, 0.1) is 6.07 Å². The number of rotatable bonds is 2. The van der Waals surface area contributed by atoms with Gasteiger partial charge in [-0.2, -0.15) is 18.3 Å². The lowest BCUT2D eigenvalue weighted by Crippen LogP contribution is -2.13. The summed E-state index contributed by atoms with van der Waals surface area (Å²) in [6, 6.07) is 6.97. The summed E-state index contributed by atoms with van der Waals surface area (Å²) in [6.45, 7) is 0. The summed E-state index contributed by atoms with van der Waals surface area (Å²) in [4.78, 5) is 0.0287. The zero-order chi connectivity index (χ0) is 14.3. The Morgan fingerprint density at radius 1 is 1.21 bits per heavy atom. The van der Waals surface area contributed by atoms with E-state index >= 15 is 0 Å². The van der Waals surface area contributed by atoms with Crippen LogP contribution < -0.4 is 0 Å². The highest BCUT2D eigenvalue weighted by Crippen LogP contribution is 2.30. The second-order valence-electron chi connectivity index (χ2n) is 3.81. The molecule has 101 valence electrons. The first-order chi connectivity index (χ1) is 8.69. The van der Waals surface area contributed by atoms with E-state index in [0.717, 1.165) is 12.5 Å². The van der Waals surface area contributed by atoms with Gasteiger partial charge in [-0.1, -0.05) is 0 Å². The van der Waals surface area contributed by atoms with Gasteiger partial charge < -0.3 is 0 Å². The van der Waals surface area contributed by atoms with E-state index in [1.54, 1.807) is 0 Å². The van der Waals surface area contributed by atoms with Crippen molar-refractivity contribution in [1.29, 1.82) is 0 Å². The monoisotopic (exact) mass is 289 g/mol. The number of hydrogen-bond acceptors (Lipinski definition) is 3. The summed E-state index contributed by atoms with van der Waals surface area (Å²) in [7, 11) is -3.39. The van der Waals surface area contributed by atoms with Crippen molar-refractivity contribution in [1.82, 2.24) is 9.78 Å². The third kappa shape index (κ3) is 2.78. The standard InChI is InChI=1S/C11H8F3N2O2S/c1-19(17,18)9-4-2-8(3-5-9)16-10(6-7-15-16)11(12,13)14/h2-5,7H,1H3. The molecule has 4 nitrogen and oxygen atoms in total. The van der Waals surface area contributed by atoms with E-state index in [-0.39, 0.29) is 10.6 Å². The van der Waals surface area contributed by atoms with Crippen LogP contribution in [-0.4, -0.2) is 24.5 Å². The first-order valence-electron chi connectivity index (χ1n) is 5.03. The molecule has 1 aromatic carbocycles. The summed E-state index contributed by atoms with van der Waals surface area (Å²) in [5, 5.41) is 3.54. The number of hydrogen-bond donors (Lipinski definition) is 0. The minimum absolute atomic E-state index is 0.0287. The van der Waals surface area contributed by atoms with E-state index in [9.17, 15) is 21.6 Å². The second-order valence-corrected chi connectivity index (χ2v) is 5.83. The highest BCUT2D eigenvalue weighted by atomic mass is 32.2. The Hall–Kier alpha value is -1.83. The van der Waals surface area contributed by atoms with Gasteiger partial charge in [-0.15, -0.1) is 0 Å². The molecule has 0 fully saturated rings. The molecule has 1 heterocycles. The maximum absolute atomic E-state index is 12.6. The molecule has 0 saturated carbocycles. The predicted octanol–water partition coefficient (Wildman–Crippen LogP) is 2.09. The van der Waals surface area contributed by atoms with Crippen molar-refractivity contribution in [2.45, 2.75) is 11.1 Å². The molecular formula is C11H8F3N2O2S. The third-order valence-corrected chi connectivity index (χ3v) is 3.49. The lowest BCUT2D eigenvalue weighted by Gasteiger charge is -2.10. The molecule has 8 heteroatoms. The Balaban J connectivity index is 2.47. The normalized spacial score (nSPS) is 12.6. The number of aromatic nitrogens is 2. The van der Waals surface area contributed by atoms with E-state index in [0.29, 0.717) is 4.68 Å². The first kappa shape index (κ1) is 13.6. The van der Waals surface area contributed by atoms with Gasteiger partial charge in [0.2, 0.25) is 0 Å². The Morgan fingerprint density at radius 3 is 2.26 bits per heavy atom. The SMILES string of the molecule is CS(=O)(=O)c1ccc(-n2nc[c]c2C(F)(F)F)cc1. The summed E-state index contributed by atoms with van der Waals surface area (Å²) in [5.41, 5.74) is -0.930. The number of benzene rings is 1. The summed E-state index contributed by atoms with van der Waals surface area (Å²) in [6.07, 6.45) is -2.65. The van der Waals surface area contributed by atoms with Crippen LogP contribution in [0.25, 0.3) is 5.69 Å². The van der Waals surface area contributed by atoms with Gasteiger partial charge in [0.15, 0.2) is 15.5 Å². The van der Waals surface area contributed by atoms with Crippen molar-refractivity contribution < 1.29 is 21.6 Å². The molecule has 2 rings (SSSR count). The van der Waals surface area contributed by atoms with Crippen molar-refractivity contribution in [2.24, 2.45) is 0 Å². The van der Waals surface area contributed by atoms with E-state index < -0.39 is 21.7 Å². The number of sulfone groups is 1. The molecule has 0 amide bonds. The number of alkyl halides is 3. The molecule has 19 heavy (non-hydrogen) atoms. The smallest absolute Gasteiger partial charge is 0.228 e. The van der Waals surface area contributed by atoms with E-state index in [1.165, 1.54) is 24.3 Å². The molecule has 2 aromatic rings. The molecule has 0 aliphatic carbocycles. The van der Waals surface area contributed by atoms with E-state index in [1.807, 2.05) is 6.07 Å². The molecular weight excluding hydrogens is 281 g/mol. The van der Waals surface area contributed by atoms with Crippen LogP contribution in [0.15, 0.2) is 35.4 Å². The molecule has 0 bridgehead atoms. The van der Waals surface area contributed by atoms with Gasteiger partial charge in [-0.25, -0.2) is 13.1 Å².